The maximum atomic E-state index is 14.6. The summed E-state index contributed by atoms with van der Waals surface area (Å²) in [5.41, 5.74) is 2.40. The SMILES string of the molecule is N#CC1(Cc2cc(-c3nnc(C(F)(F)F)[nH]3)cnc2CN2CCC(c3cccc4c3O[C@@H](c3ccc(Cl)cc3F)O4)CC2)COC1. The maximum Gasteiger partial charge on any atom is 0.451 e. The summed E-state index contributed by atoms with van der Waals surface area (Å²) in [5, 5.41) is 17.0. The Morgan fingerprint density at radius 3 is 2.54 bits per heavy atom. The number of fused-ring (bicyclic) bond motifs is 1. The number of aromatic amines is 1. The first-order valence-electron chi connectivity index (χ1n) is 14.7. The largest absolute Gasteiger partial charge is 0.451 e. The van der Waals surface area contributed by atoms with E-state index in [1.807, 2.05) is 18.2 Å². The summed E-state index contributed by atoms with van der Waals surface area (Å²) in [7, 11) is 0. The van der Waals surface area contributed by atoms with Gasteiger partial charge < -0.3 is 19.2 Å². The summed E-state index contributed by atoms with van der Waals surface area (Å²) in [4.78, 5) is 9.13. The van der Waals surface area contributed by atoms with Crippen molar-refractivity contribution in [1.29, 1.82) is 5.26 Å². The van der Waals surface area contributed by atoms with E-state index < -0.39 is 29.5 Å². The Hall–Kier alpha value is -4.25. The third kappa shape index (κ3) is 5.88. The van der Waals surface area contributed by atoms with E-state index in [4.69, 9.17) is 25.8 Å². The number of aromatic nitrogens is 4. The van der Waals surface area contributed by atoms with E-state index in [9.17, 15) is 22.8 Å². The number of para-hydroxylation sites is 1. The van der Waals surface area contributed by atoms with E-state index >= 15 is 0 Å². The van der Waals surface area contributed by atoms with Gasteiger partial charge in [0.05, 0.1) is 30.5 Å². The van der Waals surface area contributed by atoms with Gasteiger partial charge in [0, 0.05) is 28.9 Å². The Morgan fingerprint density at radius 1 is 1.07 bits per heavy atom. The molecule has 3 aliphatic rings. The lowest BCUT2D eigenvalue weighted by molar-refractivity contribution is -0.144. The van der Waals surface area contributed by atoms with E-state index in [0.29, 0.717) is 35.1 Å². The summed E-state index contributed by atoms with van der Waals surface area (Å²) in [6.07, 6.45) is -2.09. The highest BCUT2D eigenvalue weighted by atomic mass is 35.5. The summed E-state index contributed by atoms with van der Waals surface area (Å²) in [6, 6.07) is 14.2. The normalized spacial score (nSPS) is 19.5. The molecular formula is C32H27ClF4N6O3. The Balaban J connectivity index is 1.06. The van der Waals surface area contributed by atoms with E-state index in [2.05, 4.69) is 31.1 Å². The van der Waals surface area contributed by atoms with Gasteiger partial charge in [-0.15, -0.1) is 10.2 Å². The molecule has 0 saturated carbocycles. The van der Waals surface area contributed by atoms with Gasteiger partial charge in [0.2, 0.25) is 5.82 Å². The zero-order valence-electron chi connectivity index (χ0n) is 24.3. The molecule has 0 bridgehead atoms. The molecule has 9 nitrogen and oxygen atoms in total. The first-order valence-corrected chi connectivity index (χ1v) is 15.1. The molecule has 46 heavy (non-hydrogen) atoms. The van der Waals surface area contributed by atoms with Crippen LogP contribution in [0.2, 0.25) is 5.02 Å². The lowest BCUT2D eigenvalue weighted by Gasteiger charge is -2.36. The number of nitriles is 1. The molecule has 2 aromatic carbocycles. The second kappa shape index (κ2) is 11.8. The van der Waals surface area contributed by atoms with Gasteiger partial charge >= 0.3 is 6.18 Å². The number of hydrogen-bond donors (Lipinski definition) is 1. The zero-order valence-corrected chi connectivity index (χ0v) is 25.0. The minimum atomic E-state index is -4.66. The third-order valence-corrected chi connectivity index (χ3v) is 8.93. The van der Waals surface area contributed by atoms with Crippen molar-refractivity contribution in [3.05, 3.63) is 87.7 Å². The fraction of sp³-hybridized carbons (Fsp3) is 0.375. The first kappa shape index (κ1) is 30.4. The average Bonchev–Trinajstić information content (AvgIpc) is 3.68. The van der Waals surface area contributed by atoms with Crippen LogP contribution in [0.15, 0.2) is 48.7 Å². The van der Waals surface area contributed by atoms with E-state index in [-0.39, 0.29) is 30.5 Å². The van der Waals surface area contributed by atoms with E-state index in [1.54, 1.807) is 18.2 Å². The molecule has 0 unspecified atom stereocenters. The smallest absolute Gasteiger partial charge is 0.447 e. The van der Waals surface area contributed by atoms with Gasteiger partial charge in [-0.3, -0.25) is 9.88 Å². The molecule has 1 atom stereocenters. The van der Waals surface area contributed by atoms with Crippen LogP contribution in [0.4, 0.5) is 17.6 Å². The van der Waals surface area contributed by atoms with Crippen LogP contribution in [0.5, 0.6) is 11.5 Å². The van der Waals surface area contributed by atoms with Crippen molar-refractivity contribution in [2.24, 2.45) is 5.41 Å². The number of rotatable bonds is 7. The molecule has 0 spiro atoms. The molecule has 2 aromatic heterocycles. The molecule has 3 aliphatic heterocycles. The van der Waals surface area contributed by atoms with Gasteiger partial charge in [-0.05, 0) is 74.2 Å². The summed E-state index contributed by atoms with van der Waals surface area (Å²) in [6.45, 7) is 2.54. The van der Waals surface area contributed by atoms with Gasteiger partial charge in [-0.2, -0.15) is 18.4 Å². The summed E-state index contributed by atoms with van der Waals surface area (Å²) >= 11 is 5.91. The molecule has 1 N–H and O–H groups in total. The molecule has 4 aromatic rings. The maximum absolute atomic E-state index is 14.6. The number of piperidine rings is 1. The molecule has 0 aliphatic carbocycles. The molecule has 14 heteroatoms. The third-order valence-electron chi connectivity index (χ3n) is 8.70. The van der Waals surface area contributed by atoms with Crippen LogP contribution in [0.1, 0.15) is 53.3 Å². The molecule has 2 saturated heterocycles. The Bertz CT molecular complexity index is 1810. The number of hydrogen-bond acceptors (Lipinski definition) is 8. The molecule has 5 heterocycles. The molecular weight excluding hydrogens is 628 g/mol. The monoisotopic (exact) mass is 654 g/mol. The van der Waals surface area contributed by atoms with Gasteiger partial charge in [0.25, 0.3) is 6.29 Å². The molecule has 0 amide bonds. The lowest BCUT2D eigenvalue weighted by Crippen LogP contribution is -2.43. The van der Waals surface area contributed by atoms with Crippen molar-refractivity contribution in [3.8, 4) is 29.0 Å². The van der Waals surface area contributed by atoms with Crippen LogP contribution >= 0.6 is 11.6 Å². The van der Waals surface area contributed by atoms with Crippen molar-refractivity contribution in [1.82, 2.24) is 25.1 Å². The highest BCUT2D eigenvalue weighted by molar-refractivity contribution is 6.30. The fourth-order valence-electron chi connectivity index (χ4n) is 6.16. The van der Waals surface area contributed by atoms with Crippen molar-refractivity contribution in [3.63, 3.8) is 0 Å². The zero-order chi connectivity index (χ0) is 32.1. The highest BCUT2D eigenvalue weighted by Gasteiger charge is 2.40. The minimum absolute atomic E-state index is 0.0491. The molecule has 2 fully saturated rings. The number of H-pyrrole nitrogens is 1. The highest BCUT2D eigenvalue weighted by Crippen LogP contribution is 2.47. The van der Waals surface area contributed by atoms with Crippen LogP contribution < -0.4 is 9.47 Å². The summed E-state index contributed by atoms with van der Waals surface area (Å²) < 4.78 is 71.4. The standard InChI is InChI=1S/C32H27ClF4N6O3/c33-21-4-5-23(24(34)11-21)29-45-26-3-1-2-22(27(26)46-29)18-6-8-43(9-7-18)14-25-19(12-31(15-38)16-44-17-31)10-20(13-39-25)28-40-30(42-41-28)32(35,36)37/h1-5,10-11,13,18,29H,6-9,12,14,16-17H2,(H,40,41,42)/t29-/m0/s1. The Labute approximate surface area is 266 Å². The van der Waals surface area contributed by atoms with Crippen LogP contribution in [-0.4, -0.2) is 51.4 Å². The predicted octanol–water partition coefficient (Wildman–Crippen LogP) is 6.61. The number of likely N-dealkylation sites (tertiary alicyclic amines) is 1. The first-order chi connectivity index (χ1) is 22.1. The van der Waals surface area contributed by atoms with Gasteiger partial charge in [-0.1, -0.05) is 23.7 Å². The number of alkyl halides is 3. The fourth-order valence-corrected chi connectivity index (χ4v) is 6.31. The number of nitrogens with zero attached hydrogens (tertiary/aromatic N) is 5. The van der Waals surface area contributed by atoms with Crippen molar-refractivity contribution in [2.45, 2.75) is 44.2 Å². The average molecular weight is 655 g/mol. The number of pyridine rings is 1. The Morgan fingerprint density at radius 2 is 1.87 bits per heavy atom. The minimum Gasteiger partial charge on any atom is -0.447 e. The van der Waals surface area contributed by atoms with Gasteiger partial charge in [0.1, 0.15) is 11.2 Å². The predicted molar refractivity (Wildman–Crippen MR) is 156 cm³/mol. The molecule has 238 valence electrons. The van der Waals surface area contributed by atoms with Gasteiger partial charge in [-0.25, -0.2) is 4.39 Å². The Kier molecular flexibility index (Phi) is 7.83. The van der Waals surface area contributed by atoms with Gasteiger partial charge in [0.15, 0.2) is 17.3 Å². The van der Waals surface area contributed by atoms with Crippen molar-refractivity contribution < 1.29 is 31.8 Å². The second-order valence-electron chi connectivity index (χ2n) is 11.9. The second-order valence-corrected chi connectivity index (χ2v) is 12.3. The quantitative estimate of drug-likeness (QED) is 0.222. The van der Waals surface area contributed by atoms with E-state index in [0.717, 1.165) is 42.8 Å². The lowest BCUT2D eigenvalue weighted by atomic mass is 9.80. The number of benzene rings is 2. The molecule has 7 rings (SSSR count). The van der Waals surface area contributed by atoms with Crippen LogP contribution in [0.25, 0.3) is 11.4 Å². The summed E-state index contributed by atoms with van der Waals surface area (Å²) in [5.74, 6) is -0.378. The van der Waals surface area contributed by atoms with Crippen LogP contribution in [0, 0.1) is 22.6 Å². The van der Waals surface area contributed by atoms with Crippen LogP contribution in [-0.2, 0) is 23.9 Å². The van der Waals surface area contributed by atoms with Crippen molar-refractivity contribution in [2.75, 3.05) is 26.3 Å². The number of nitrogens with one attached hydrogen (secondary N) is 1. The van der Waals surface area contributed by atoms with Crippen molar-refractivity contribution >= 4 is 11.6 Å². The topological polar surface area (TPSA) is 109 Å². The number of ether oxygens (including phenoxy) is 3. The van der Waals surface area contributed by atoms with E-state index in [1.165, 1.54) is 12.3 Å². The van der Waals surface area contributed by atoms with Crippen LogP contribution in [0.3, 0.4) is 0 Å². The number of halogens is 5. The molecule has 0 radical (unpaired) electrons.